The predicted octanol–water partition coefficient (Wildman–Crippen LogP) is 14.9. The number of alkyl halides is 17. The van der Waals surface area contributed by atoms with Crippen molar-refractivity contribution in [2.75, 3.05) is 25.1 Å². The highest BCUT2D eigenvalue weighted by Gasteiger charge is 2.95. The first-order valence-corrected chi connectivity index (χ1v) is 23.1. The molecule has 0 radical (unpaired) electrons. The SMILES string of the molecule is CCOC(=O)/C=C/C=C/CC[C@@H](C)[C@H](OC(=O)Nc1ccc(F)cc1F)c1ccc(OCCO[Si](CCC(F)(F)C(F)(F)C(F)(F)C(F)(F)C(F)(F)C(F)(F)C(F)(F)C(F)(F)F)(C(C)C)C(C)C)cc1. The Hall–Kier alpha value is -4.69. The Balaban J connectivity index is 2.30. The van der Waals surface area contributed by atoms with Crippen LogP contribution in [0.5, 0.6) is 5.75 Å². The van der Waals surface area contributed by atoms with E-state index in [1.165, 1.54) is 64.1 Å². The number of ether oxygens (including phenoxy) is 3. The van der Waals surface area contributed by atoms with Gasteiger partial charge in [0.1, 0.15) is 30.1 Å². The first-order chi connectivity index (χ1) is 31.8. The third kappa shape index (κ3) is 13.2. The summed E-state index contributed by atoms with van der Waals surface area (Å²) < 4.78 is 286. The molecule has 1 N–H and O–H groups in total. The lowest BCUT2D eigenvalue weighted by molar-refractivity contribution is -0.461. The van der Waals surface area contributed by atoms with Gasteiger partial charge in [0, 0.05) is 18.6 Å². The highest BCUT2D eigenvalue weighted by Crippen LogP contribution is 2.64. The third-order valence-electron chi connectivity index (χ3n) is 11.0. The summed E-state index contributed by atoms with van der Waals surface area (Å²) in [5, 5.41) is 2.17. The van der Waals surface area contributed by atoms with E-state index in [1.54, 1.807) is 26.0 Å². The summed E-state index contributed by atoms with van der Waals surface area (Å²) in [7, 11) is -4.05. The lowest BCUT2D eigenvalue weighted by Gasteiger charge is -2.44. The summed E-state index contributed by atoms with van der Waals surface area (Å²) in [5.41, 5.74) is -1.90. The second-order valence-corrected chi connectivity index (χ2v) is 21.4. The first kappa shape index (κ1) is 61.4. The fourth-order valence-electron chi connectivity index (χ4n) is 6.87. The zero-order valence-electron chi connectivity index (χ0n) is 37.7. The second kappa shape index (κ2) is 23.2. The van der Waals surface area contributed by atoms with E-state index in [9.17, 15) is 84.2 Å². The van der Waals surface area contributed by atoms with Gasteiger partial charge in [0.15, 0.2) is 8.32 Å². The smallest absolute Gasteiger partial charge is 0.460 e. The largest absolute Gasteiger partial charge is 0.491 e. The van der Waals surface area contributed by atoms with Crippen LogP contribution in [-0.4, -0.2) is 87.8 Å². The average Bonchev–Trinajstić information content (AvgIpc) is 3.24. The van der Waals surface area contributed by atoms with E-state index >= 15 is 8.78 Å². The molecule has 0 aliphatic rings. The van der Waals surface area contributed by atoms with Gasteiger partial charge in [0.25, 0.3) is 0 Å². The monoisotopic (exact) mass is 1060 g/mol. The van der Waals surface area contributed by atoms with E-state index in [4.69, 9.17) is 18.6 Å². The molecular weight excluding hydrogens is 1020 g/mol. The van der Waals surface area contributed by atoms with Crippen LogP contribution in [0.3, 0.4) is 0 Å². The quantitative estimate of drug-likeness (QED) is 0.0252. The molecule has 0 aliphatic carbocycles. The maximum absolute atomic E-state index is 15.0. The zero-order chi connectivity index (χ0) is 54.1. The molecule has 0 fully saturated rings. The molecule has 2 atom stereocenters. The number of carbonyl (C=O) groups is 2. The highest BCUT2D eigenvalue weighted by atomic mass is 28.4. The van der Waals surface area contributed by atoms with Crippen molar-refractivity contribution in [2.24, 2.45) is 5.92 Å². The molecule has 0 saturated heterocycles. The van der Waals surface area contributed by atoms with Crippen LogP contribution in [0.4, 0.5) is 93.9 Å². The Morgan fingerprint density at radius 1 is 0.686 bits per heavy atom. The number of anilines is 1. The van der Waals surface area contributed by atoms with Crippen LogP contribution < -0.4 is 10.1 Å². The number of nitrogens with one attached hydrogen (secondary N) is 1. The van der Waals surface area contributed by atoms with Gasteiger partial charge in [-0.2, -0.15) is 74.6 Å². The van der Waals surface area contributed by atoms with Crippen LogP contribution in [0.1, 0.15) is 72.5 Å². The van der Waals surface area contributed by atoms with E-state index in [-0.39, 0.29) is 12.4 Å². The number of hydrogen-bond acceptors (Lipinski definition) is 6. The topological polar surface area (TPSA) is 83.1 Å². The summed E-state index contributed by atoms with van der Waals surface area (Å²) in [6, 6.07) is 6.57. The number of halogens is 19. The number of rotatable bonds is 26. The summed E-state index contributed by atoms with van der Waals surface area (Å²) in [5.74, 6) is -60.0. The van der Waals surface area contributed by atoms with Crippen LogP contribution in [0.15, 0.2) is 66.8 Å². The molecule has 0 aromatic heterocycles. The number of amides is 1. The maximum Gasteiger partial charge on any atom is 0.460 e. The van der Waals surface area contributed by atoms with E-state index in [0.717, 1.165) is 12.1 Å². The standard InChI is InChI=1S/C43H48F19NO6Si/c1-7-66-33(64)13-11-9-8-10-12-27(6)34(69-35(65)63-32-19-16-29(44)24-31(32)45)28-14-17-30(18-15-28)67-21-22-68-70(25(2)3,26(4)5)23-20-36(46,47)37(48,49)38(50,51)39(52,53)40(54,55)41(56,57)42(58,59)43(60,61)62/h8-9,11,13-19,24-27,34H,7,10,12,20-23H2,1-6H3,(H,63,65)/b9-8+,13-11+/t27-,34+/m1/s1. The summed E-state index contributed by atoms with van der Waals surface area (Å²) >= 11 is 0. The van der Waals surface area contributed by atoms with Gasteiger partial charge in [0.05, 0.1) is 18.9 Å². The summed E-state index contributed by atoms with van der Waals surface area (Å²) in [6.45, 7) is 7.64. The van der Waals surface area contributed by atoms with Crippen LogP contribution in [0.25, 0.3) is 0 Å². The minimum Gasteiger partial charge on any atom is -0.491 e. The molecule has 0 bridgehead atoms. The van der Waals surface area contributed by atoms with Crippen LogP contribution in [-0.2, 0) is 18.7 Å². The van der Waals surface area contributed by atoms with Crippen molar-refractivity contribution in [3.05, 3.63) is 84.0 Å². The Labute approximate surface area is 389 Å². The number of benzene rings is 2. The molecule has 70 heavy (non-hydrogen) atoms. The van der Waals surface area contributed by atoms with Gasteiger partial charge in [-0.3, -0.25) is 5.32 Å². The summed E-state index contributed by atoms with van der Waals surface area (Å²) in [6.07, 6.45) is -5.97. The molecule has 27 heteroatoms. The molecule has 2 aromatic carbocycles. The normalized spacial score (nSPS) is 15.0. The highest BCUT2D eigenvalue weighted by molar-refractivity contribution is 6.76. The number of hydrogen-bond donors (Lipinski definition) is 1. The number of esters is 1. The van der Waals surface area contributed by atoms with Crippen molar-refractivity contribution >= 4 is 26.1 Å². The average molecular weight is 1060 g/mol. The molecule has 2 rings (SSSR count). The van der Waals surface area contributed by atoms with E-state index in [1.807, 2.05) is 0 Å². The fourth-order valence-corrected chi connectivity index (χ4v) is 11.3. The second-order valence-electron chi connectivity index (χ2n) is 16.3. The molecule has 0 aliphatic heterocycles. The molecule has 2 aromatic rings. The van der Waals surface area contributed by atoms with Crippen molar-refractivity contribution in [2.45, 2.75) is 132 Å². The van der Waals surface area contributed by atoms with Crippen LogP contribution in [0.2, 0.25) is 17.1 Å². The molecular formula is C43H48F19NO6Si. The van der Waals surface area contributed by atoms with Gasteiger partial charge in [-0.05, 0) is 72.6 Å². The summed E-state index contributed by atoms with van der Waals surface area (Å²) in [4.78, 5) is 24.4. The maximum atomic E-state index is 15.0. The van der Waals surface area contributed by atoms with Crippen LogP contribution in [0, 0.1) is 17.6 Å². The molecule has 0 saturated carbocycles. The Bertz CT molecular complexity index is 2090. The third-order valence-corrected chi connectivity index (χ3v) is 16.7. The Morgan fingerprint density at radius 3 is 1.71 bits per heavy atom. The lowest BCUT2D eigenvalue weighted by Crippen LogP contribution is -2.74. The number of carbonyl (C=O) groups excluding carboxylic acids is 2. The molecule has 1 amide bonds. The molecule has 0 spiro atoms. The molecule has 0 heterocycles. The van der Waals surface area contributed by atoms with E-state index in [2.05, 4.69) is 5.32 Å². The Kier molecular flexibility index (Phi) is 20.4. The van der Waals surface area contributed by atoms with E-state index < -0.39 is 134 Å². The van der Waals surface area contributed by atoms with Gasteiger partial charge >= 0.3 is 59.7 Å². The first-order valence-electron chi connectivity index (χ1n) is 20.8. The van der Waals surface area contributed by atoms with Crippen molar-refractivity contribution in [1.29, 1.82) is 0 Å². The van der Waals surface area contributed by atoms with Gasteiger partial charge in [-0.15, -0.1) is 0 Å². The lowest BCUT2D eigenvalue weighted by atomic mass is 9.88. The molecule has 7 nitrogen and oxygen atoms in total. The van der Waals surface area contributed by atoms with Gasteiger partial charge in [0.2, 0.25) is 0 Å². The van der Waals surface area contributed by atoms with Crippen molar-refractivity contribution < 1.29 is 112 Å². The molecule has 398 valence electrons. The van der Waals surface area contributed by atoms with Crippen molar-refractivity contribution in [1.82, 2.24) is 0 Å². The van der Waals surface area contributed by atoms with Gasteiger partial charge in [-0.1, -0.05) is 65.0 Å². The fraction of sp³-hybridized carbons (Fsp3) is 0.581. The Morgan fingerprint density at radius 2 is 1.21 bits per heavy atom. The minimum absolute atomic E-state index is 0.0685. The predicted molar refractivity (Wildman–Crippen MR) is 216 cm³/mol. The van der Waals surface area contributed by atoms with Gasteiger partial charge in [-0.25, -0.2) is 18.4 Å². The van der Waals surface area contributed by atoms with Crippen LogP contribution >= 0.6 is 0 Å². The number of allylic oxidation sites excluding steroid dienone is 3. The van der Waals surface area contributed by atoms with E-state index in [0.29, 0.717) is 24.5 Å². The molecule has 0 unspecified atom stereocenters. The minimum atomic E-state index is -8.72. The van der Waals surface area contributed by atoms with Crippen molar-refractivity contribution in [3.8, 4) is 5.75 Å². The zero-order valence-corrected chi connectivity index (χ0v) is 38.7. The van der Waals surface area contributed by atoms with Crippen molar-refractivity contribution in [3.63, 3.8) is 0 Å². The van der Waals surface area contributed by atoms with Gasteiger partial charge < -0.3 is 18.6 Å².